The van der Waals surface area contributed by atoms with Gasteiger partial charge in [-0.3, -0.25) is 4.79 Å². The van der Waals surface area contributed by atoms with E-state index in [2.05, 4.69) is 0 Å². The summed E-state index contributed by atoms with van der Waals surface area (Å²) in [5, 5.41) is 9.08. The Morgan fingerprint density at radius 3 is 2.47 bits per heavy atom. The molecule has 0 spiro atoms. The van der Waals surface area contributed by atoms with E-state index in [9.17, 15) is 9.59 Å². The second-order valence-electron chi connectivity index (χ2n) is 4.57. The molecule has 0 unspecified atom stereocenters. The average molecular weight is 213 g/mol. The van der Waals surface area contributed by atoms with Crippen LogP contribution in [0.4, 0.5) is 0 Å². The third-order valence-electron chi connectivity index (χ3n) is 3.02. The highest BCUT2D eigenvalue weighted by Gasteiger charge is 2.37. The van der Waals surface area contributed by atoms with E-state index in [1.165, 1.54) is 4.90 Å². The number of aliphatic carboxylic acids is 1. The lowest BCUT2D eigenvalue weighted by atomic mass is 9.99. The van der Waals surface area contributed by atoms with Gasteiger partial charge in [0.1, 0.15) is 5.54 Å². The van der Waals surface area contributed by atoms with E-state index in [0.717, 1.165) is 25.7 Å². The molecule has 1 saturated heterocycles. The molecular formula is C11H19NO3. The van der Waals surface area contributed by atoms with Crippen LogP contribution in [0.2, 0.25) is 0 Å². The van der Waals surface area contributed by atoms with Gasteiger partial charge in [-0.25, -0.2) is 4.79 Å². The van der Waals surface area contributed by atoms with Crippen LogP contribution in [0.25, 0.3) is 0 Å². The van der Waals surface area contributed by atoms with Crippen molar-refractivity contribution in [3.05, 3.63) is 0 Å². The SMILES string of the molecule is CC(C)(C(=O)O)N1CCCCCCC1=O. The van der Waals surface area contributed by atoms with E-state index in [4.69, 9.17) is 5.11 Å². The number of likely N-dealkylation sites (tertiary alicyclic amines) is 1. The van der Waals surface area contributed by atoms with E-state index >= 15 is 0 Å². The molecule has 4 heteroatoms. The quantitative estimate of drug-likeness (QED) is 0.758. The van der Waals surface area contributed by atoms with E-state index in [-0.39, 0.29) is 5.91 Å². The monoisotopic (exact) mass is 213 g/mol. The zero-order chi connectivity index (χ0) is 11.5. The number of carboxylic acids is 1. The van der Waals surface area contributed by atoms with Crippen molar-refractivity contribution >= 4 is 11.9 Å². The molecule has 4 nitrogen and oxygen atoms in total. The largest absolute Gasteiger partial charge is 0.480 e. The predicted molar refractivity (Wildman–Crippen MR) is 56.5 cm³/mol. The fourth-order valence-electron chi connectivity index (χ4n) is 1.87. The number of carbonyl (C=O) groups excluding carboxylic acids is 1. The number of carboxylic acid groups (broad SMARTS) is 1. The average Bonchev–Trinajstić information content (AvgIpc) is 2.11. The second kappa shape index (κ2) is 4.64. The maximum Gasteiger partial charge on any atom is 0.329 e. The summed E-state index contributed by atoms with van der Waals surface area (Å²) in [5.41, 5.74) is -1.07. The number of hydrogen-bond acceptors (Lipinski definition) is 2. The third kappa shape index (κ3) is 2.70. The third-order valence-corrected chi connectivity index (χ3v) is 3.02. The van der Waals surface area contributed by atoms with Crippen LogP contribution in [0.15, 0.2) is 0 Å². The van der Waals surface area contributed by atoms with Crippen LogP contribution in [0.3, 0.4) is 0 Å². The Hall–Kier alpha value is -1.06. The van der Waals surface area contributed by atoms with Gasteiger partial charge < -0.3 is 10.0 Å². The molecular weight excluding hydrogens is 194 g/mol. The summed E-state index contributed by atoms with van der Waals surface area (Å²) in [6.07, 6.45) is 4.43. The van der Waals surface area contributed by atoms with Crippen molar-refractivity contribution in [2.45, 2.75) is 51.5 Å². The van der Waals surface area contributed by atoms with Gasteiger partial charge in [0.05, 0.1) is 0 Å². The molecule has 1 fully saturated rings. The molecule has 0 aromatic carbocycles. The lowest BCUT2D eigenvalue weighted by Gasteiger charge is -2.36. The first kappa shape index (κ1) is 12.0. The fourth-order valence-corrected chi connectivity index (χ4v) is 1.87. The summed E-state index contributed by atoms with van der Waals surface area (Å²) >= 11 is 0. The van der Waals surface area contributed by atoms with Crippen LogP contribution >= 0.6 is 0 Å². The van der Waals surface area contributed by atoms with Crippen LogP contribution in [0.1, 0.15) is 46.0 Å². The van der Waals surface area contributed by atoms with Gasteiger partial charge in [-0.2, -0.15) is 0 Å². The number of amides is 1. The van der Waals surface area contributed by atoms with Crippen molar-refractivity contribution in [2.24, 2.45) is 0 Å². The first-order valence-electron chi connectivity index (χ1n) is 5.50. The standard InChI is InChI=1S/C11H19NO3/c1-11(2,10(14)15)12-8-6-4-3-5-7-9(12)13/h3-8H2,1-2H3,(H,14,15). The van der Waals surface area contributed by atoms with E-state index in [1.807, 2.05) is 0 Å². The zero-order valence-electron chi connectivity index (χ0n) is 9.45. The molecule has 86 valence electrons. The van der Waals surface area contributed by atoms with Gasteiger partial charge in [0.25, 0.3) is 0 Å². The maximum absolute atomic E-state index is 11.8. The molecule has 0 aromatic heterocycles. The molecule has 1 amide bonds. The minimum absolute atomic E-state index is 0.0258. The Morgan fingerprint density at radius 1 is 1.27 bits per heavy atom. The van der Waals surface area contributed by atoms with Crippen molar-refractivity contribution in [1.29, 1.82) is 0 Å². The molecule has 0 saturated carbocycles. The van der Waals surface area contributed by atoms with Gasteiger partial charge in [-0.05, 0) is 26.7 Å². The maximum atomic E-state index is 11.8. The first-order valence-corrected chi connectivity index (χ1v) is 5.50. The normalized spacial score (nSPS) is 19.6. The van der Waals surface area contributed by atoms with Gasteiger partial charge in [0.15, 0.2) is 0 Å². The first-order chi connectivity index (χ1) is 6.96. The molecule has 0 aromatic rings. The van der Waals surface area contributed by atoms with Gasteiger partial charge in [-0.1, -0.05) is 12.8 Å². The summed E-state index contributed by atoms with van der Waals surface area (Å²) in [4.78, 5) is 24.4. The fraction of sp³-hybridized carbons (Fsp3) is 0.818. The van der Waals surface area contributed by atoms with Crippen molar-refractivity contribution in [2.75, 3.05) is 6.54 Å². The van der Waals surface area contributed by atoms with Crippen molar-refractivity contribution in [3.8, 4) is 0 Å². The molecule has 1 rings (SSSR count). The minimum Gasteiger partial charge on any atom is -0.480 e. The van der Waals surface area contributed by atoms with Crippen LogP contribution in [-0.4, -0.2) is 34.0 Å². The van der Waals surface area contributed by atoms with E-state index in [1.54, 1.807) is 13.8 Å². The van der Waals surface area contributed by atoms with Crippen molar-refractivity contribution in [3.63, 3.8) is 0 Å². The molecule has 0 atom stereocenters. The highest BCUT2D eigenvalue weighted by molar-refractivity contribution is 5.86. The summed E-state index contributed by atoms with van der Waals surface area (Å²) < 4.78 is 0. The van der Waals surface area contributed by atoms with E-state index in [0.29, 0.717) is 13.0 Å². The highest BCUT2D eigenvalue weighted by atomic mass is 16.4. The topological polar surface area (TPSA) is 57.6 Å². The molecule has 0 bridgehead atoms. The molecule has 1 N–H and O–H groups in total. The van der Waals surface area contributed by atoms with Crippen LogP contribution < -0.4 is 0 Å². The lowest BCUT2D eigenvalue weighted by Crippen LogP contribution is -2.53. The Morgan fingerprint density at radius 2 is 1.87 bits per heavy atom. The van der Waals surface area contributed by atoms with Gasteiger partial charge in [0.2, 0.25) is 5.91 Å². The van der Waals surface area contributed by atoms with Gasteiger partial charge >= 0.3 is 5.97 Å². The van der Waals surface area contributed by atoms with Crippen LogP contribution in [0.5, 0.6) is 0 Å². The number of nitrogens with zero attached hydrogens (tertiary/aromatic N) is 1. The Labute approximate surface area is 90.3 Å². The Balaban J connectivity index is 2.79. The highest BCUT2D eigenvalue weighted by Crippen LogP contribution is 2.21. The molecule has 1 aliphatic heterocycles. The Bertz CT molecular complexity index is 261. The second-order valence-corrected chi connectivity index (χ2v) is 4.57. The number of carbonyl (C=O) groups is 2. The minimum atomic E-state index is -1.07. The van der Waals surface area contributed by atoms with Crippen molar-refractivity contribution < 1.29 is 14.7 Å². The Kier molecular flexibility index (Phi) is 3.72. The summed E-state index contributed by atoms with van der Waals surface area (Å²) in [6, 6.07) is 0. The van der Waals surface area contributed by atoms with Gasteiger partial charge in [-0.15, -0.1) is 0 Å². The summed E-state index contributed by atoms with van der Waals surface area (Å²) in [7, 11) is 0. The van der Waals surface area contributed by atoms with E-state index < -0.39 is 11.5 Å². The molecule has 15 heavy (non-hydrogen) atoms. The van der Waals surface area contributed by atoms with Crippen molar-refractivity contribution in [1.82, 2.24) is 4.90 Å². The summed E-state index contributed by atoms with van der Waals surface area (Å²) in [6.45, 7) is 3.75. The number of hydrogen-bond donors (Lipinski definition) is 1. The number of rotatable bonds is 2. The molecule has 0 aliphatic carbocycles. The molecule has 1 aliphatic rings. The lowest BCUT2D eigenvalue weighted by molar-refractivity contribution is -0.157. The molecule has 1 heterocycles. The predicted octanol–water partition coefficient (Wildman–Crippen LogP) is 1.64. The van der Waals surface area contributed by atoms with Crippen LogP contribution in [-0.2, 0) is 9.59 Å². The molecule has 0 radical (unpaired) electrons. The summed E-state index contributed by atoms with van der Waals surface area (Å²) in [5.74, 6) is -0.960. The van der Waals surface area contributed by atoms with Crippen LogP contribution in [0, 0.1) is 0 Å². The smallest absolute Gasteiger partial charge is 0.329 e. The zero-order valence-corrected chi connectivity index (χ0v) is 9.45. The van der Waals surface area contributed by atoms with Gasteiger partial charge in [0, 0.05) is 13.0 Å².